The Morgan fingerprint density at radius 2 is 2.27 bits per heavy atom. The average molecular weight is 144 g/mol. The maximum absolute atomic E-state index is 12.7. The van der Waals surface area contributed by atoms with E-state index in [2.05, 4.69) is 6.07 Å². The molecule has 0 nitrogen and oxygen atoms in total. The molecule has 0 bridgehead atoms. The number of rotatable bonds is 2. The number of aryl methyl sites for hydroxylation is 1. The Balaban J connectivity index is 0.000001000. The van der Waals surface area contributed by atoms with Gasteiger partial charge in [-0.05, 0) is 6.42 Å². The molecule has 0 atom stereocenters. The van der Waals surface area contributed by atoms with Crippen LogP contribution >= 0.6 is 0 Å². The van der Waals surface area contributed by atoms with E-state index in [1.165, 1.54) is 6.07 Å². The molecule has 1 aromatic rings. The standard InChI is InChI=1S/C9H10F.Li/c1-2-5-8-6-3-4-7-9(8)10;/h3,6-7H,2,5H2,1H3;/q-1;+1. The first kappa shape index (κ1) is 10.7. The summed E-state index contributed by atoms with van der Waals surface area (Å²) in [6.45, 7) is 2.04. The van der Waals surface area contributed by atoms with Gasteiger partial charge in [0.2, 0.25) is 0 Å². The monoisotopic (exact) mass is 144 g/mol. The molecule has 0 saturated heterocycles. The molecule has 0 amide bonds. The first-order valence-electron chi connectivity index (χ1n) is 3.49. The summed E-state index contributed by atoms with van der Waals surface area (Å²) in [6, 6.07) is 7.59. The van der Waals surface area contributed by atoms with Crippen LogP contribution in [-0.2, 0) is 6.42 Å². The average Bonchev–Trinajstić information content (AvgIpc) is 1.94. The summed E-state index contributed by atoms with van der Waals surface area (Å²) in [4.78, 5) is 0. The molecule has 0 aliphatic rings. The number of hydrogen-bond donors (Lipinski definition) is 0. The van der Waals surface area contributed by atoms with Crippen molar-refractivity contribution in [3.8, 4) is 0 Å². The van der Waals surface area contributed by atoms with Gasteiger partial charge in [-0.15, -0.1) is 11.6 Å². The third-order valence-corrected chi connectivity index (χ3v) is 1.42. The zero-order chi connectivity index (χ0) is 7.40. The minimum atomic E-state index is -0.135. The smallest absolute Gasteiger partial charge is 0.284 e. The molecule has 0 saturated carbocycles. The molecule has 0 unspecified atom stereocenters. The zero-order valence-corrected chi connectivity index (χ0v) is 7.02. The van der Waals surface area contributed by atoms with E-state index in [9.17, 15) is 4.39 Å². The zero-order valence-electron chi connectivity index (χ0n) is 7.02. The molecule has 0 heterocycles. The Labute approximate surface area is 79.0 Å². The van der Waals surface area contributed by atoms with Gasteiger partial charge >= 0.3 is 18.9 Å². The fourth-order valence-electron chi connectivity index (χ4n) is 0.914. The minimum absolute atomic E-state index is 0. The maximum atomic E-state index is 12.7. The topological polar surface area (TPSA) is 0 Å². The molecule has 0 aliphatic carbocycles. The normalized spacial score (nSPS) is 8.91. The number of hydrogen-bond acceptors (Lipinski definition) is 0. The molecule has 11 heavy (non-hydrogen) atoms. The van der Waals surface area contributed by atoms with Gasteiger partial charge in [0.05, 0.1) is 0 Å². The van der Waals surface area contributed by atoms with Gasteiger partial charge in [-0.2, -0.15) is 18.2 Å². The van der Waals surface area contributed by atoms with E-state index in [-0.39, 0.29) is 24.7 Å². The van der Waals surface area contributed by atoms with E-state index in [0.29, 0.717) is 0 Å². The molecule has 0 radical (unpaired) electrons. The molecule has 0 aromatic heterocycles. The summed E-state index contributed by atoms with van der Waals surface area (Å²) in [6.07, 6.45) is 1.81. The van der Waals surface area contributed by atoms with Crippen LogP contribution in [0.3, 0.4) is 0 Å². The van der Waals surface area contributed by atoms with Gasteiger partial charge in [-0.3, -0.25) is 4.39 Å². The molecule has 0 N–H and O–H groups in total. The van der Waals surface area contributed by atoms with E-state index >= 15 is 0 Å². The van der Waals surface area contributed by atoms with Crippen molar-refractivity contribution in [2.45, 2.75) is 19.8 Å². The Kier molecular flexibility index (Phi) is 5.28. The van der Waals surface area contributed by atoms with Crippen molar-refractivity contribution in [2.24, 2.45) is 0 Å². The van der Waals surface area contributed by atoms with Crippen molar-refractivity contribution in [3.63, 3.8) is 0 Å². The van der Waals surface area contributed by atoms with Crippen molar-refractivity contribution in [3.05, 3.63) is 35.6 Å². The second-order valence-electron chi connectivity index (χ2n) is 2.27. The molecule has 1 rings (SSSR count). The molecular formula is C9H10FLi. The Morgan fingerprint density at radius 1 is 1.55 bits per heavy atom. The van der Waals surface area contributed by atoms with E-state index < -0.39 is 0 Å². The van der Waals surface area contributed by atoms with Gasteiger partial charge in [-0.25, -0.2) is 0 Å². The third kappa shape index (κ3) is 3.10. The maximum Gasteiger partial charge on any atom is 1.00 e. The van der Waals surface area contributed by atoms with Crippen molar-refractivity contribution >= 4 is 0 Å². The second-order valence-corrected chi connectivity index (χ2v) is 2.27. The number of benzene rings is 1. The summed E-state index contributed by atoms with van der Waals surface area (Å²) in [5, 5.41) is 0. The second kappa shape index (κ2) is 5.40. The predicted octanol–water partition coefficient (Wildman–Crippen LogP) is -0.418. The van der Waals surface area contributed by atoms with Crippen molar-refractivity contribution < 1.29 is 23.3 Å². The van der Waals surface area contributed by atoms with Gasteiger partial charge in [-0.1, -0.05) is 13.3 Å². The Morgan fingerprint density at radius 3 is 2.82 bits per heavy atom. The predicted molar refractivity (Wildman–Crippen MR) is 39.2 cm³/mol. The molecule has 54 valence electrons. The molecular weight excluding hydrogens is 134 g/mol. The molecule has 0 spiro atoms. The third-order valence-electron chi connectivity index (χ3n) is 1.42. The fourth-order valence-corrected chi connectivity index (χ4v) is 0.914. The Bertz CT molecular complexity index is 210. The van der Waals surface area contributed by atoms with Gasteiger partial charge in [0, 0.05) is 5.82 Å². The van der Waals surface area contributed by atoms with Crippen LogP contribution in [0.2, 0.25) is 0 Å². The van der Waals surface area contributed by atoms with Crippen LogP contribution in [0.25, 0.3) is 0 Å². The van der Waals surface area contributed by atoms with Gasteiger partial charge in [0.1, 0.15) is 0 Å². The van der Waals surface area contributed by atoms with Crippen LogP contribution in [0, 0.1) is 11.9 Å². The van der Waals surface area contributed by atoms with Crippen LogP contribution < -0.4 is 18.9 Å². The van der Waals surface area contributed by atoms with Crippen LogP contribution in [0.5, 0.6) is 0 Å². The van der Waals surface area contributed by atoms with E-state index in [1.54, 1.807) is 12.1 Å². The van der Waals surface area contributed by atoms with Gasteiger partial charge < -0.3 is 0 Å². The van der Waals surface area contributed by atoms with Gasteiger partial charge in [0.15, 0.2) is 0 Å². The first-order valence-corrected chi connectivity index (χ1v) is 3.49. The summed E-state index contributed by atoms with van der Waals surface area (Å²) in [5.41, 5.74) is 0.793. The molecule has 0 aliphatic heterocycles. The molecule has 0 fully saturated rings. The Hall–Kier alpha value is -0.253. The first-order chi connectivity index (χ1) is 4.84. The summed E-state index contributed by atoms with van der Waals surface area (Å²) >= 11 is 0. The van der Waals surface area contributed by atoms with Crippen LogP contribution in [0.15, 0.2) is 18.2 Å². The summed E-state index contributed by atoms with van der Waals surface area (Å²) < 4.78 is 12.7. The summed E-state index contributed by atoms with van der Waals surface area (Å²) in [7, 11) is 0. The van der Waals surface area contributed by atoms with Gasteiger partial charge in [0.25, 0.3) is 0 Å². The molecule has 2 heteroatoms. The van der Waals surface area contributed by atoms with E-state index in [0.717, 1.165) is 18.4 Å². The summed E-state index contributed by atoms with van der Waals surface area (Å²) in [5.74, 6) is -0.135. The fraction of sp³-hybridized carbons (Fsp3) is 0.333. The molecule has 1 aromatic carbocycles. The largest absolute Gasteiger partial charge is 1.00 e. The minimum Gasteiger partial charge on any atom is -0.284 e. The quantitative estimate of drug-likeness (QED) is 0.390. The van der Waals surface area contributed by atoms with Crippen LogP contribution in [0.4, 0.5) is 4.39 Å². The van der Waals surface area contributed by atoms with Crippen molar-refractivity contribution in [1.29, 1.82) is 0 Å². The number of halogens is 1. The SMILES string of the molecule is CCCc1cc[c-]cc1F.[Li+]. The van der Waals surface area contributed by atoms with Crippen LogP contribution in [-0.4, -0.2) is 0 Å². The van der Waals surface area contributed by atoms with E-state index in [1.807, 2.05) is 6.92 Å². The van der Waals surface area contributed by atoms with E-state index in [4.69, 9.17) is 0 Å². The van der Waals surface area contributed by atoms with Crippen LogP contribution in [0.1, 0.15) is 18.9 Å². The van der Waals surface area contributed by atoms with Crippen molar-refractivity contribution in [1.82, 2.24) is 0 Å². The van der Waals surface area contributed by atoms with Crippen molar-refractivity contribution in [2.75, 3.05) is 0 Å².